The lowest BCUT2D eigenvalue weighted by molar-refractivity contribution is -0.384. The number of nitriles is 1. The number of halogens is 1. The van der Waals surface area contributed by atoms with Crippen LogP contribution in [0.15, 0.2) is 36.4 Å². The molecule has 122 valence electrons. The number of anilines is 2. The zero-order valence-corrected chi connectivity index (χ0v) is 13.4. The van der Waals surface area contributed by atoms with Gasteiger partial charge < -0.3 is 10.6 Å². The van der Waals surface area contributed by atoms with Gasteiger partial charge in [0, 0.05) is 22.8 Å². The first kappa shape index (κ1) is 17.2. The summed E-state index contributed by atoms with van der Waals surface area (Å²) in [6.45, 7) is 1.66. The number of nitro groups is 1. The van der Waals surface area contributed by atoms with Crippen molar-refractivity contribution in [3.05, 3.63) is 62.7 Å². The summed E-state index contributed by atoms with van der Waals surface area (Å²) in [6.07, 6.45) is 0. The third-order valence-corrected chi connectivity index (χ3v) is 3.48. The molecule has 2 aromatic carbocycles. The Morgan fingerprint density at radius 2 is 2.04 bits per heavy atom. The molecule has 0 saturated heterocycles. The average molecular weight is 345 g/mol. The fourth-order valence-electron chi connectivity index (χ4n) is 2.00. The van der Waals surface area contributed by atoms with Gasteiger partial charge in [-0.2, -0.15) is 5.26 Å². The summed E-state index contributed by atoms with van der Waals surface area (Å²) in [5, 5.41) is 25.7. The van der Waals surface area contributed by atoms with Crippen molar-refractivity contribution in [1.82, 2.24) is 0 Å². The number of hydrogen-bond acceptors (Lipinski definition) is 5. The minimum Gasteiger partial charge on any atom is -0.376 e. The van der Waals surface area contributed by atoms with Gasteiger partial charge in [-0.3, -0.25) is 14.9 Å². The van der Waals surface area contributed by atoms with E-state index in [1.165, 1.54) is 24.3 Å². The van der Waals surface area contributed by atoms with Gasteiger partial charge in [-0.25, -0.2) is 0 Å². The number of non-ortho nitro benzene ring substituents is 1. The number of aryl methyl sites for hydroxylation is 1. The molecule has 0 atom stereocenters. The molecule has 0 bridgehead atoms. The first-order valence-electron chi connectivity index (χ1n) is 6.89. The lowest BCUT2D eigenvalue weighted by Gasteiger charge is -2.11. The maximum atomic E-state index is 12.0. The molecule has 0 aromatic heterocycles. The van der Waals surface area contributed by atoms with Gasteiger partial charge in [0.2, 0.25) is 5.91 Å². The van der Waals surface area contributed by atoms with Crippen LogP contribution in [0.3, 0.4) is 0 Å². The molecule has 0 radical (unpaired) electrons. The molecule has 0 fully saturated rings. The van der Waals surface area contributed by atoms with E-state index in [1.54, 1.807) is 19.1 Å². The normalized spacial score (nSPS) is 9.88. The van der Waals surface area contributed by atoms with Crippen molar-refractivity contribution < 1.29 is 9.72 Å². The number of rotatable bonds is 5. The molecule has 8 heteroatoms. The van der Waals surface area contributed by atoms with Gasteiger partial charge in [0.1, 0.15) is 6.07 Å². The number of nitro benzene ring substituents is 1. The van der Waals surface area contributed by atoms with Crippen LogP contribution in [0.4, 0.5) is 17.1 Å². The maximum Gasteiger partial charge on any atom is 0.271 e. The monoisotopic (exact) mass is 344 g/mol. The minimum atomic E-state index is -0.504. The number of nitrogens with zero attached hydrogens (tertiary/aromatic N) is 2. The first-order chi connectivity index (χ1) is 11.4. The molecule has 0 aliphatic heterocycles. The lowest BCUT2D eigenvalue weighted by Crippen LogP contribution is -2.22. The summed E-state index contributed by atoms with van der Waals surface area (Å²) >= 11 is 5.86. The van der Waals surface area contributed by atoms with E-state index in [1.807, 2.05) is 6.07 Å². The number of hydrogen-bond donors (Lipinski definition) is 2. The quantitative estimate of drug-likeness (QED) is 0.637. The van der Waals surface area contributed by atoms with Crippen molar-refractivity contribution in [2.24, 2.45) is 0 Å². The van der Waals surface area contributed by atoms with Crippen molar-refractivity contribution in [3.8, 4) is 6.07 Å². The summed E-state index contributed by atoms with van der Waals surface area (Å²) < 4.78 is 0. The molecule has 2 N–H and O–H groups in total. The summed E-state index contributed by atoms with van der Waals surface area (Å²) in [7, 11) is 0. The van der Waals surface area contributed by atoms with E-state index >= 15 is 0 Å². The molecule has 2 rings (SSSR count). The minimum absolute atomic E-state index is 0.0647. The summed E-state index contributed by atoms with van der Waals surface area (Å²) in [6, 6.07) is 10.9. The van der Waals surface area contributed by atoms with Crippen LogP contribution in [0.2, 0.25) is 5.02 Å². The number of carbonyl (C=O) groups excluding carboxylic acids is 1. The maximum absolute atomic E-state index is 12.0. The largest absolute Gasteiger partial charge is 0.376 e. The molecule has 0 unspecified atom stereocenters. The zero-order chi connectivity index (χ0) is 17.7. The van der Waals surface area contributed by atoms with Crippen LogP contribution in [0.5, 0.6) is 0 Å². The van der Waals surface area contributed by atoms with E-state index in [9.17, 15) is 14.9 Å². The number of nitrogens with one attached hydrogen (secondary N) is 2. The molecule has 0 aliphatic rings. The fraction of sp³-hybridized carbons (Fsp3) is 0.125. The highest BCUT2D eigenvalue weighted by atomic mass is 35.5. The topological polar surface area (TPSA) is 108 Å². The Kier molecular flexibility index (Phi) is 5.35. The standard InChI is InChI=1S/C16H13ClN4O3/c1-10-2-5-13(21(23)24)7-14(10)19-9-16(22)20-15-6-12(17)4-3-11(15)8-18/h2-7,19H,9H2,1H3,(H,20,22). The number of benzene rings is 2. The van der Waals surface area contributed by atoms with Gasteiger partial charge in [0.15, 0.2) is 0 Å². The van der Waals surface area contributed by atoms with Crippen LogP contribution < -0.4 is 10.6 Å². The third-order valence-electron chi connectivity index (χ3n) is 3.25. The molecule has 2 aromatic rings. The van der Waals surface area contributed by atoms with Crippen LogP contribution in [0.1, 0.15) is 11.1 Å². The van der Waals surface area contributed by atoms with E-state index in [-0.39, 0.29) is 12.2 Å². The molecular weight excluding hydrogens is 332 g/mol. The Hall–Kier alpha value is -3.11. The second-order valence-electron chi connectivity index (χ2n) is 4.96. The Bertz CT molecular complexity index is 846. The number of carbonyl (C=O) groups is 1. The predicted molar refractivity (Wildman–Crippen MR) is 91.1 cm³/mol. The van der Waals surface area contributed by atoms with E-state index in [4.69, 9.17) is 16.9 Å². The van der Waals surface area contributed by atoms with Gasteiger partial charge >= 0.3 is 0 Å². The van der Waals surface area contributed by atoms with Gasteiger partial charge in [0.25, 0.3) is 5.69 Å². The van der Waals surface area contributed by atoms with E-state index in [0.29, 0.717) is 22.0 Å². The second kappa shape index (κ2) is 7.44. The van der Waals surface area contributed by atoms with Crippen LogP contribution in [-0.2, 0) is 4.79 Å². The molecule has 7 nitrogen and oxygen atoms in total. The molecule has 24 heavy (non-hydrogen) atoms. The molecule has 0 heterocycles. The average Bonchev–Trinajstić information content (AvgIpc) is 2.54. The summed E-state index contributed by atoms with van der Waals surface area (Å²) in [5.41, 5.74) is 1.80. The van der Waals surface area contributed by atoms with Crippen molar-refractivity contribution in [3.63, 3.8) is 0 Å². The second-order valence-corrected chi connectivity index (χ2v) is 5.40. The summed E-state index contributed by atoms with van der Waals surface area (Å²) in [5.74, 6) is -0.403. The summed E-state index contributed by atoms with van der Waals surface area (Å²) in [4.78, 5) is 22.3. The Morgan fingerprint density at radius 1 is 1.29 bits per heavy atom. The number of amides is 1. The Labute approximate surface area is 143 Å². The molecule has 1 amide bonds. The highest BCUT2D eigenvalue weighted by Gasteiger charge is 2.11. The van der Waals surface area contributed by atoms with Gasteiger partial charge in [-0.05, 0) is 30.7 Å². The van der Waals surface area contributed by atoms with Crippen molar-refractivity contribution in [1.29, 1.82) is 5.26 Å². The zero-order valence-electron chi connectivity index (χ0n) is 12.7. The Morgan fingerprint density at radius 3 is 2.71 bits per heavy atom. The highest BCUT2D eigenvalue weighted by molar-refractivity contribution is 6.31. The smallest absolute Gasteiger partial charge is 0.271 e. The first-order valence-corrected chi connectivity index (χ1v) is 7.27. The highest BCUT2D eigenvalue weighted by Crippen LogP contribution is 2.22. The molecule has 0 saturated carbocycles. The lowest BCUT2D eigenvalue weighted by atomic mass is 10.2. The van der Waals surface area contributed by atoms with Crippen LogP contribution in [0.25, 0.3) is 0 Å². The molecule has 0 aliphatic carbocycles. The van der Waals surface area contributed by atoms with Gasteiger partial charge in [-0.15, -0.1) is 0 Å². The molecular formula is C16H13ClN4O3. The van der Waals surface area contributed by atoms with Crippen LogP contribution >= 0.6 is 11.6 Å². The fourth-order valence-corrected chi connectivity index (χ4v) is 2.17. The predicted octanol–water partition coefficient (Wildman–Crippen LogP) is 3.48. The van der Waals surface area contributed by atoms with Gasteiger partial charge in [-0.1, -0.05) is 17.7 Å². The van der Waals surface area contributed by atoms with Crippen LogP contribution in [0, 0.1) is 28.4 Å². The Balaban J connectivity index is 2.07. The molecule has 0 spiro atoms. The van der Waals surface area contributed by atoms with E-state index in [2.05, 4.69) is 10.6 Å². The van der Waals surface area contributed by atoms with Crippen LogP contribution in [-0.4, -0.2) is 17.4 Å². The van der Waals surface area contributed by atoms with Crippen molar-refractivity contribution in [2.75, 3.05) is 17.2 Å². The van der Waals surface area contributed by atoms with E-state index < -0.39 is 10.8 Å². The van der Waals surface area contributed by atoms with Crippen molar-refractivity contribution in [2.45, 2.75) is 6.92 Å². The SMILES string of the molecule is Cc1ccc([N+](=O)[O-])cc1NCC(=O)Nc1cc(Cl)ccc1C#N. The van der Waals surface area contributed by atoms with Gasteiger partial charge in [0.05, 0.1) is 22.7 Å². The van der Waals surface area contributed by atoms with E-state index in [0.717, 1.165) is 5.56 Å². The third kappa shape index (κ3) is 4.21. The van der Waals surface area contributed by atoms with Crippen molar-refractivity contribution >= 4 is 34.6 Å².